The lowest BCUT2D eigenvalue weighted by Gasteiger charge is -2.04. The molecule has 0 amide bonds. The van der Waals surface area contributed by atoms with Gasteiger partial charge in [0.1, 0.15) is 0 Å². The van der Waals surface area contributed by atoms with Crippen LogP contribution in [0.2, 0.25) is 0 Å². The van der Waals surface area contributed by atoms with Gasteiger partial charge in [-0.3, -0.25) is 10.1 Å². The van der Waals surface area contributed by atoms with Crippen molar-refractivity contribution >= 4 is 11.7 Å². The second-order valence-electron chi connectivity index (χ2n) is 3.73. The Balaban J connectivity index is 2.56. The fourth-order valence-corrected chi connectivity index (χ4v) is 1.73. The van der Waals surface area contributed by atoms with Crippen LogP contribution < -0.4 is 0 Å². The summed E-state index contributed by atoms with van der Waals surface area (Å²) >= 11 is 0. The number of aromatic carboxylic acids is 1. The van der Waals surface area contributed by atoms with E-state index in [4.69, 9.17) is 5.11 Å². The Morgan fingerprint density at radius 2 is 2.26 bits per heavy atom. The topological polar surface area (TPSA) is 111 Å². The van der Waals surface area contributed by atoms with Gasteiger partial charge in [-0.15, -0.1) is 5.10 Å². The monoisotopic (exact) mass is 262 g/mol. The summed E-state index contributed by atoms with van der Waals surface area (Å²) in [6.07, 6.45) is 0.400. The lowest BCUT2D eigenvalue weighted by molar-refractivity contribution is -0.384. The predicted molar refractivity (Wildman–Crippen MR) is 64.4 cm³/mol. The van der Waals surface area contributed by atoms with E-state index in [2.05, 4.69) is 10.3 Å². The van der Waals surface area contributed by atoms with Gasteiger partial charge >= 0.3 is 5.97 Å². The van der Waals surface area contributed by atoms with Gasteiger partial charge in [0.05, 0.1) is 16.3 Å². The third-order valence-electron chi connectivity index (χ3n) is 2.59. The van der Waals surface area contributed by atoms with Crippen molar-refractivity contribution in [1.29, 1.82) is 0 Å². The average Bonchev–Trinajstić information content (AvgIpc) is 2.82. The number of non-ortho nitro benzene ring substituents is 1. The molecule has 1 aromatic carbocycles. The van der Waals surface area contributed by atoms with Gasteiger partial charge in [0, 0.05) is 12.1 Å². The maximum Gasteiger partial charge on any atom is 0.358 e. The van der Waals surface area contributed by atoms with Gasteiger partial charge in [-0.2, -0.15) is 0 Å². The molecule has 1 heterocycles. The van der Waals surface area contributed by atoms with Crippen molar-refractivity contribution in [3.8, 4) is 5.69 Å². The highest BCUT2D eigenvalue weighted by atomic mass is 16.6. The largest absolute Gasteiger partial charge is 0.476 e. The minimum absolute atomic E-state index is 0.0908. The summed E-state index contributed by atoms with van der Waals surface area (Å²) in [5.41, 5.74) is 0.569. The standard InChI is InChI=1S/C11H10N4O4/c1-2-9-10(11(16)17)12-13-14(9)7-4-3-5-8(6-7)15(18)19/h3-6H,2H2,1H3,(H,16,17). The lowest BCUT2D eigenvalue weighted by Crippen LogP contribution is -2.06. The maximum atomic E-state index is 11.0. The summed E-state index contributed by atoms with van der Waals surface area (Å²) in [5.74, 6) is -1.17. The van der Waals surface area contributed by atoms with Gasteiger partial charge in [0.2, 0.25) is 0 Å². The van der Waals surface area contributed by atoms with Gasteiger partial charge in [0.15, 0.2) is 5.69 Å². The van der Waals surface area contributed by atoms with Gasteiger partial charge in [-0.25, -0.2) is 9.48 Å². The van der Waals surface area contributed by atoms with Crippen LogP contribution in [0.3, 0.4) is 0 Å². The molecule has 0 aliphatic heterocycles. The van der Waals surface area contributed by atoms with E-state index in [0.717, 1.165) is 0 Å². The van der Waals surface area contributed by atoms with Gasteiger partial charge in [0.25, 0.3) is 5.69 Å². The van der Waals surface area contributed by atoms with E-state index in [0.29, 0.717) is 17.8 Å². The first-order valence-electron chi connectivity index (χ1n) is 5.47. The molecule has 98 valence electrons. The highest BCUT2D eigenvalue weighted by Gasteiger charge is 2.19. The van der Waals surface area contributed by atoms with Gasteiger partial charge < -0.3 is 5.11 Å². The Bertz CT molecular complexity index is 650. The van der Waals surface area contributed by atoms with Crippen LogP contribution in [0.4, 0.5) is 5.69 Å². The Morgan fingerprint density at radius 3 is 2.84 bits per heavy atom. The zero-order chi connectivity index (χ0) is 14.0. The summed E-state index contributed by atoms with van der Waals surface area (Å²) in [7, 11) is 0. The molecule has 0 saturated carbocycles. The van der Waals surface area contributed by atoms with Crippen molar-refractivity contribution in [2.45, 2.75) is 13.3 Å². The smallest absolute Gasteiger partial charge is 0.358 e. The van der Waals surface area contributed by atoms with E-state index >= 15 is 0 Å². The van der Waals surface area contributed by atoms with Crippen molar-refractivity contribution in [2.75, 3.05) is 0 Å². The normalized spacial score (nSPS) is 10.4. The van der Waals surface area contributed by atoms with E-state index in [1.54, 1.807) is 13.0 Å². The van der Waals surface area contributed by atoms with Crippen LogP contribution in [0.25, 0.3) is 5.69 Å². The van der Waals surface area contributed by atoms with Crippen LogP contribution in [0.1, 0.15) is 23.1 Å². The second kappa shape index (κ2) is 4.84. The van der Waals surface area contributed by atoms with Crippen LogP contribution in [0.5, 0.6) is 0 Å². The molecule has 0 aliphatic carbocycles. The van der Waals surface area contributed by atoms with E-state index < -0.39 is 10.9 Å². The van der Waals surface area contributed by atoms with E-state index in [9.17, 15) is 14.9 Å². The number of nitro groups is 1. The van der Waals surface area contributed by atoms with Crippen molar-refractivity contribution < 1.29 is 14.8 Å². The first-order chi connectivity index (χ1) is 9.04. The third kappa shape index (κ3) is 2.28. The third-order valence-corrected chi connectivity index (χ3v) is 2.59. The number of carbonyl (C=O) groups is 1. The van der Waals surface area contributed by atoms with E-state index in [-0.39, 0.29) is 11.4 Å². The van der Waals surface area contributed by atoms with Crippen LogP contribution in [-0.2, 0) is 6.42 Å². The van der Waals surface area contributed by atoms with Crippen molar-refractivity contribution in [3.63, 3.8) is 0 Å². The van der Waals surface area contributed by atoms with Gasteiger partial charge in [-0.05, 0) is 12.5 Å². The Morgan fingerprint density at radius 1 is 1.53 bits per heavy atom. The Hall–Kier alpha value is -2.77. The van der Waals surface area contributed by atoms with Crippen molar-refractivity contribution in [1.82, 2.24) is 15.0 Å². The molecule has 0 unspecified atom stereocenters. The molecule has 2 aromatic rings. The minimum atomic E-state index is -1.17. The second-order valence-corrected chi connectivity index (χ2v) is 3.73. The number of aromatic nitrogens is 3. The molecule has 19 heavy (non-hydrogen) atoms. The molecule has 2 rings (SSSR count). The predicted octanol–water partition coefficient (Wildman–Crippen LogP) is 1.44. The lowest BCUT2D eigenvalue weighted by atomic mass is 10.2. The molecular weight excluding hydrogens is 252 g/mol. The molecule has 0 fully saturated rings. The zero-order valence-corrected chi connectivity index (χ0v) is 9.98. The van der Waals surface area contributed by atoms with Crippen LogP contribution in [0, 0.1) is 10.1 Å². The molecule has 1 aromatic heterocycles. The minimum Gasteiger partial charge on any atom is -0.476 e. The summed E-state index contributed by atoms with van der Waals surface area (Å²) in [6, 6.07) is 5.78. The number of carboxylic acids is 1. The van der Waals surface area contributed by atoms with E-state index in [1.807, 2.05) is 0 Å². The molecule has 0 radical (unpaired) electrons. The molecule has 8 nitrogen and oxygen atoms in total. The molecule has 0 bridgehead atoms. The summed E-state index contributed by atoms with van der Waals surface area (Å²) in [5, 5.41) is 27.0. The molecule has 0 atom stereocenters. The fraction of sp³-hybridized carbons (Fsp3) is 0.182. The van der Waals surface area contributed by atoms with Gasteiger partial charge in [-0.1, -0.05) is 18.2 Å². The molecule has 1 N–H and O–H groups in total. The number of nitro benzene ring substituents is 1. The fourth-order valence-electron chi connectivity index (χ4n) is 1.73. The number of rotatable bonds is 4. The summed E-state index contributed by atoms with van der Waals surface area (Å²) < 4.78 is 1.30. The van der Waals surface area contributed by atoms with Crippen LogP contribution in [-0.4, -0.2) is 31.0 Å². The first-order valence-corrected chi connectivity index (χ1v) is 5.47. The number of carboxylic acid groups (broad SMARTS) is 1. The molecule has 8 heteroatoms. The number of nitrogens with zero attached hydrogens (tertiary/aromatic N) is 4. The Labute approximate surface area is 107 Å². The molecule has 0 saturated heterocycles. The summed E-state index contributed by atoms with van der Waals surface area (Å²) in [6.45, 7) is 1.76. The quantitative estimate of drug-likeness (QED) is 0.659. The zero-order valence-electron chi connectivity index (χ0n) is 9.98. The number of hydrogen-bond acceptors (Lipinski definition) is 5. The number of benzene rings is 1. The molecule has 0 spiro atoms. The highest BCUT2D eigenvalue weighted by Crippen LogP contribution is 2.19. The SMILES string of the molecule is CCc1c(C(=O)O)nnn1-c1cccc([N+](=O)[O-])c1. The molecule has 0 aliphatic rings. The van der Waals surface area contributed by atoms with Crippen LogP contribution >= 0.6 is 0 Å². The molecular formula is C11H10N4O4. The first kappa shape index (κ1) is 12.7. The summed E-state index contributed by atoms with van der Waals surface area (Å²) in [4.78, 5) is 21.2. The average molecular weight is 262 g/mol. The Kier molecular flexibility index (Phi) is 3.23. The van der Waals surface area contributed by atoms with Crippen molar-refractivity contribution in [3.05, 3.63) is 45.8 Å². The highest BCUT2D eigenvalue weighted by molar-refractivity contribution is 5.86. The maximum absolute atomic E-state index is 11.0. The number of hydrogen-bond donors (Lipinski definition) is 1. The van der Waals surface area contributed by atoms with Crippen LogP contribution in [0.15, 0.2) is 24.3 Å². The van der Waals surface area contributed by atoms with E-state index in [1.165, 1.54) is 22.9 Å². The van der Waals surface area contributed by atoms with Crippen molar-refractivity contribution in [2.24, 2.45) is 0 Å².